The number of thioether (sulfide) groups is 1. The van der Waals surface area contributed by atoms with Crippen LogP contribution in [-0.4, -0.2) is 29.7 Å². The van der Waals surface area contributed by atoms with E-state index in [-0.39, 0.29) is 11.4 Å². The van der Waals surface area contributed by atoms with Crippen molar-refractivity contribution in [3.05, 3.63) is 33.9 Å². The van der Waals surface area contributed by atoms with E-state index in [9.17, 15) is 10.1 Å². The van der Waals surface area contributed by atoms with Crippen LogP contribution in [0.3, 0.4) is 0 Å². The van der Waals surface area contributed by atoms with E-state index in [1.807, 2.05) is 0 Å². The Bertz CT molecular complexity index is 502. The Hall–Kier alpha value is -2.09. The molecule has 96 valence electrons. The van der Waals surface area contributed by atoms with Crippen LogP contribution in [0, 0.1) is 10.1 Å². The van der Waals surface area contributed by atoms with Crippen molar-refractivity contribution in [2.45, 2.75) is 0 Å². The highest BCUT2D eigenvalue weighted by Crippen LogP contribution is 2.26. The summed E-state index contributed by atoms with van der Waals surface area (Å²) in [6.45, 7) is 0. The summed E-state index contributed by atoms with van der Waals surface area (Å²) in [5.74, 6) is 0.198. The first-order valence-corrected chi connectivity index (χ1v) is 6.04. The van der Waals surface area contributed by atoms with Crippen LogP contribution in [0.15, 0.2) is 28.4 Å². The molecule has 0 fully saturated rings. The van der Waals surface area contributed by atoms with Gasteiger partial charge in [-0.15, -0.1) is 5.10 Å². The van der Waals surface area contributed by atoms with Crippen LogP contribution < -0.4 is 10.5 Å². The molecule has 0 heterocycles. The molecule has 0 saturated carbocycles. The first-order valence-electron chi connectivity index (χ1n) is 4.81. The summed E-state index contributed by atoms with van der Waals surface area (Å²) < 4.78 is 4.88. The van der Waals surface area contributed by atoms with Gasteiger partial charge in [-0.05, 0) is 18.4 Å². The molecule has 0 unspecified atom stereocenters. The van der Waals surface area contributed by atoms with E-state index >= 15 is 0 Å². The van der Waals surface area contributed by atoms with Crippen molar-refractivity contribution in [1.82, 2.24) is 0 Å². The summed E-state index contributed by atoms with van der Waals surface area (Å²) in [6, 6.07) is 4.49. The minimum atomic E-state index is -0.518. The Labute approximate surface area is 108 Å². The van der Waals surface area contributed by atoms with Gasteiger partial charge in [0, 0.05) is 11.6 Å². The van der Waals surface area contributed by atoms with Gasteiger partial charge in [0.05, 0.1) is 18.2 Å². The largest absolute Gasteiger partial charge is 0.490 e. The molecule has 8 heteroatoms. The molecule has 1 aromatic carbocycles. The third-order valence-corrected chi connectivity index (χ3v) is 2.47. The van der Waals surface area contributed by atoms with Gasteiger partial charge in [-0.3, -0.25) is 10.1 Å². The third-order valence-electron chi connectivity index (χ3n) is 1.97. The van der Waals surface area contributed by atoms with E-state index in [2.05, 4.69) is 10.2 Å². The molecule has 1 rings (SSSR count). The molecule has 0 radical (unpaired) electrons. The maximum atomic E-state index is 10.8. The Morgan fingerprint density at radius 1 is 1.61 bits per heavy atom. The van der Waals surface area contributed by atoms with Crippen LogP contribution in [0.1, 0.15) is 5.56 Å². The number of hydrogen-bond acceptors (Lipinski definition) is 6. The zero-order valence-electron chi connectivity index (χ0n) is 9.86. The second-order valence-corrected chi connectivity index (χ2v) is 3.90. The number of benzene rings is 1. The molecule has 0 saturated heterocycles. The Kier molecular flexibility index (Phi) is 5.12. The fourth-order valence-corrected chi connectivity index (χ4v) is 1.25. The molecule has 0 spiro atoms. The highest BCUT2D eigenvalue weighted by Gasteiger charge is 2.14. The quantitative estimate of drug-likeness (QED) is 0.387. The van der Waals surface area contributed by atoms with Crippen molar-refractivity contribution in [3.63, 3.8) is 0 Å². The summed E-state index contributed by atoms with van der Waals surface area (Å²) >= 11 is 1.26. The van der Waals surface area contributed by atoms with E-state index in [0.29, 0.717) is 10.7 Å². The SMILES string of the molecule is COc1ccc(/C=N\N=C(/N)SC)cc1[N+](=O)[O-]. The van der Waals surface area contributed by atoms with E-state index in [1.165, 1.54) is 37.2 Å². The van der Waals surface area contributed by atoms with Gasteiger partial charge in [0.25, 0.3) is 0 Å². The van der Waals surface area contributed by atoms with Crippen molar-refractivity contribution in [3.8, 4) is 5.75 Å². The normalized spacial score (nSPS) is 11.8. The van der Waals surface area contributed by atoms with Crippen molar-refractivity contribution in [2.75, 3.05) is 13.4 Å². The topological polar surface area (TPSA) is 103 Å². The average Bonchev–Trinajstić information content (AvgIpc) is 2.38. The number of nitrogens with zero attached hydrogens (tertiary/aromatic N) is 3. The van der Waals surface area contributed by atoms with Crippen molar-refractivity contribution in [1.29, 1.82) is 0 Å². The van der Waals surface area contributed by atoms with Gasteiger partial charge in [-0.1, -0.05) is 11.8 Å². The van der Waals surface area contributed by atoms with Crippen molar-refractivity contribution >= 4 is 28.8 Å². The van der Waals surface area contributed by atoms with Crippen LogP contribution >= 0.6 is 11.8 Å². The molecule has 0 aliphatic heterocycles. The van der Waals surface area contributed by atoms with Crippen LogP contribution in [0.4, 0.5) is 5.69 Å². The van der Waals surface area contributed by atoms with Gasteiger partial charge >= 0.3 is 5.69 Å². The van der Waals surface area contributed by atoms with Gasteiger partial charge < -0.3 is 10.5 Å². The number of ether oxygens (including phenoxy) is 1. The zero-order valence-corrected chi connectivity index (χ0v) is 10.7. The average molecular weight is 268 g/mol. The van der Waals surface area contributed by atoms with Crippen LogP contribution in [0.2, 0.25) is 0 Å². The van der Waals surface area contributed by atoms with Gasteiger partial charge in [-0.25, -0.2) is 0 Å². The summed E-state index contributed by atoms with van der Waals surface area (Å²) in [4.78, 5) is 10.3. The number of nitro benzene ring substituents is 1. The predicted molar refractivity (Wildman–Crippen MR) is 72.4 cm³/mol. The lowest BCUT2D eigenvalue weighted by Crippen LogP contribution is -2.03. The summed E-state index contributed by atoms with van der Waals surface area (Å²) in [5, 5.41) is 18.5. The number of nitro groups is 1. The molecular weight excluding hydrogens is 256 g/mol. The molecule has 0 aliphatic rings. The molecule has 0 atom stereocenters. The molecule has 2 N–H and O–H groups in total. The van der Waals surface area contributed by atoms with Gasteiger partial charge in [-0.2, -0.15) is 5.10 Å². The van der Waals surface area contributed by atoms with E-state index in [0.717, 1.165) is 0 Å². The van der Waals surface area contributed by atoms with Crippen LogP contribution in [0.5, 0.6) is 5.75 Å². The molecule has 0 aliphatic carbocycles. The standard InChI is InChI=1S/C10H12N4O3S/c1-17-9-4-3-7(5-8(9)14(15)16)6-12-13-10(11)18-2/h3-6H,1-2H3,(H2,11,13)/b12-6-. The Balaban J connectivity index is 2.99. The minimum Gasteiger partial charge on any atom is -0.490 e. The first kappa shape index (κ1) is 14.0. The van der Waals surface area contributed by atoms with Gasteiger partial charge in [0.15, 0.2) is 10.9 Å². The highest BCUT2D eigenvalue weighted by molar-refractivity contribution is 8.13. The Morgan fingerprint density at radius 3 is 2.89 bits per heavy atom. The lowest BCUT2D eigenvalue weighted by molar-refractivity contribution is -0.385. The molecule has 18 heavy (non-hydrogen) atoms. The lowest BCUT2D eigenvalue weighted by atomic mass is 10.2. The second kappa shape index (κ2) is 6.60. The van der Waals surface area contributed by atoms with Crippen LogP contribution in [0.25, 0.3) is 0 Å². The van der Waals surface area contributed by atoms with Crippen molar-refractivity contribution in [2.24, 2.45) is 15.9 Å². The van der Waals surface area contributed by atoms with Gasteiger partial charge in [0.1, 0.15) is 0 Å². The summed E-state index contributed by atoms with van der Waals surface area (Å²) in [7, 11) is 1.37. The smallest absolute Gasteiger partial charge is 0.311 e. The van der Waals surface area contributed by atoms with E-state index in [1.54, 1.807) is 12.3 Å². The number of amidine groups is 1. The fraction of sp³-hybridized carbons (Fsp3) is 0.200. The summed E-state index contributed by atoms with van der Waals surface area (Å²) in [6.07, 6.45) is 3.15. The second-order valence-electron chi connectivity index (χ2n) is 3.08. The van der Waals surface area contributed by atoms with E-state index < -0.39 is 4.92 Å². The maximum absolute atomic E-state index is 10.8. The summed E-state index contributed by atoms with van der Waals surface area (Å²) in [5.41, 5.74) is 5.85. The number of rotatable bonds is 4. The lowest BCUT2D eigenvalue weighted by Gasteiger charge is -2.01. The van der Waals surface area contributed by atoms with Crippen molar-refractivity contribution < 1.29 is 9.66 Å². The molecular formula is C10H12N4O3S. The molecule has 0 bridgehead atoms. The number of nitrogens with two attached hydrogens (primary N) is 1. The highest BCUT2D eigenvalue weighted by atomic mass is 32.2. The number of methoxy groups -OCH3 is 1. The van der Waals surface area contributed by atoms with Crippen LogP contribution in [-0.2, 0) is 0 Å². The molecule has 0 aromatic heterocycles. The zero-order chi connectivity index (χ0) is 13.5. The molecule has 0 amide bonds. The first-order chi connectivity index (χ1) is 8.58. The third kappa shape index (κ3) is 3.74. The monoisotopic (exact) mass is 268 g/mol. The fourth-order valence-electron chi connectivity index (χ4n) is 1.12. The van der Waals surface area contributed by atoms with E-state index in [4.69, 9.17) is 10.5 Å². The Morgan fingerprint density at radius 2 is 2.33 bits per heavy atom. The maximum Gasteiger partial charge on any atom is 0.311 e. The molecule has 1 aromatic rings. The van der Waals surface area contributed by atoms with Gasteiger partial charge in [0.2, 0.25) is 0 Å². The number of hydrogen-bond donors (Lipinski definition) is 1. The predicted octanol–water partition coefficient (Wildman–Crippen LogP) is 1.61. The molecule has 7 nitrogen and oxygen atoms in total. The minimum absolute atomic E-state index is 0.122.